The maximum Gasteiger partial charge on any atom is 0.297 e. The lowest BCUT2D eigenvalue weighted by Crippen LogP contribution is -2.37. The maximum absolute atomic E-state index is 11.0. The van der Waals surface area contributed by atoms with Crippen molar-refractivity contribution in [2.45, 2.75) is 57.8 Å². The smallest absolute Gasteiger partial charge is 0.297 e. The minimum absolute atomic E-state index is 0.0207. The minimum atomic E-state index is -0.0207. The van der Waals surface area contributed by atoms with Gasteiger partial charge in [0.05, 0.1) is 23.7 Å². The SMILES string of the molecule is CC(=O)N[C@@H](C)COC1CCC(Oc2nc3cc(Br)ccc3n2C)CC1. The average Bonchev–Trinajstić information content (AvgIpc) is 2.89. The quantitative estimate of drug-likeness (QED) is 0.770. The Bertz CT molecular complexity index is 769. The predicted molar refractivity (Wildman–Crippen MR) is 104 cm³/mol. The molecule has 1 fully saturated rings. The molecular weight excluding hydrogens is 398 g/mol. The molecule has 1 aliphatic carbocycles. The molecule has 1 aliphatic rings. The number of benzene rings is 1. The minimum Gasteiger partial charge on any atom is -0.461 e. The molecule has 26 heavy (non-hydrogen) atoms. The topological polar surface area (TPSA) is 65.4 Å². The fraction of sp³-hybridized carbons (Fsp3) is 0.579. The lowest BCUT2D eigenvalue weighted by atomic mass is 9.95. The van der Waals surface area contributed by atoms with Gasteiger partial charge in [-0.05, 0) is 50.8 Å². The molecule has 0 bridgehead atoms. The van der Waals surface area contributed by atoms with Crippen LogP contribution in [0.4, 0.5) is 0 Å². The van der Waals surface area contributed by atoms with Gasteiger partial charge in [0, 0.05) is 24.5 Å². The van der Waals surface area contributed by atoms with Gasteiger partial charge in [-0.1, -0.05) is 15.9 Å². The Labute approximate surface area is 162 Å². The van der Waals surface area contributed by atoms with Crippen LogP contribution in [0.2, 0.25) is 0 Å². The summed E-state index contributed by atoms with van der Waals surface area (Å²) in [6.07, 6.45) is 4.24. The number of rotatable bonds is 6. The van der Waals surface area contributed by atoms with E-state index < -0.39 is 0 Å². The summed E-state index contributed by atoms with van der Waals surface area (Å²) in [6, 6.07) is 6.77. The Kier molecular flexibility index (Phi) is 6.19. The number of carbonyl (C=O) groups excluding carboxylic acids is 1. The standard InChI is InChI=1S/C19H26BrN3O3/c1-12(21-13(2)24)11-25-15-5-7-16(8-6-15)26-19-22-17-10-14(20)4-9-18(17)23(19)3/h4,9-10,12,15-16H,5-8,11H2,1-3H3,(H,21,24)/t12-,15?,16?/m0/s1. The number of amides is 1. The number of imidazole rings is 1. The Morgan fingerprint density at radius 3 is 2.73 bits per heavy atom. The van der Waals surface area contributed by atoms with E-state index in [0.717, 1.165) is 41.2 Å². The summed E-state index contributed by atoms with van der Waals surface area (Å²) in [5.74, 6) is -0.0207. The van der Waals surface area contributed by atoms with Crippen LogP contribution in [0, 0.1) is 0 Å². The fourth-order valence-corrected chi connectivity index (χ4v) is 3.74. The van der Waals surface area contributed by atoms with E-state index in [1.54, 1.807) is 0 Å². The summed E-state index contributed by atoms with van der Waals surface area (Å²) in [7, 11) is 1.98. The van der Waals surface area contributed by atoms with Crippen molar-refractivity contribution in [2.75, 3.05) is 6.61 Å². The first-order valence-electron chi connectivity index (χ1n) is 9.09. The van der Waals surface area contributed by atoms with Crippen LogP contribution in [0.3, 0.4) is 0 Å². The second-order valence-corrected chi connectivity index (χ2v) is 7.95. The summed E-state index contributed by atoms with van der Waals surface area (Å²) in [6.45, 7) is 4.04. The molecule has 1 N–H and O–H groups in total. The fourth-order valence-electron chi connectivity index (χ4n) is 3.39. The number of halogens is 1. The molecule has 1 aromatic heterocycles. The van der Waals surface area contributed by atoms with Crippen molar-refractivity contribution in [2.24, 2.45) is 7.05 Å². The zero-order valence-electron chi connectivity index (χ0n) is 15.5. The van der Waals surface area contributed by atoms with Gasteiger partial charge in [-0.3, -0.25) is 9.36 Å². The molecular formula is C19H26BrN3O3. The number of nitrogens with zero attached hydrogens (tertiary/aromatic N) is 2. The predicted octanol–water partition coefficient (Wildman–Crippen LogP) is 3.57. The van der Waals surface area contributed by atoms with Crippen LogP contribution in [0.25, 0.3) is 11.0 Å². The van der Waals surface area contributed by atoms with Crippen LogP contribution in [0.5, 0.6) is 6.01 Å². The summed E-state index contributed by atoms with van der Waals surface area (Å²) in [4.78, 5) is 15.7. The number of aryl methyl sites for hydroxylation is 1. The largest absolute Gasteiger partial charge is 0.461 e. The van der Waals surface area contributed by atoms with Crippen molar-refractivity contribution in [3.05, 3.63) is 22.7 Å². The van der Waals surface area contributed by atoms with E-state index in [2.05, 4.69) is 26.2 Å². The molecule has 0 spiro atoms. The highest BCUT2D eigenvalue weighted by Crippen LogP contribution is 2.28. The molecule has 3 rings (SSSR count). The monoisotopic (exact) mass is 423 g/mol. The van der Waals surface area contributed by atoms with Crippen LogP contribution >= 0.6 is 15.9 Å². The Morgan fingerprint density at radius 2 is 2.04 bits per heavy atom. The van der Waals surface area contributed by atoms with Gasteiger partial charge < -0.3 is 14.8 Å². The van der Waals surface area contributed by atoms with Crippen LogP contribution < -0.4 is 10.1 Å². The van der Waals surface area contributed by atoms with Crippen molar-refractivity contribution in [1.29, 1.82) is 0 Å². The van der Waals surface area contributed by atoms with E-state index in [4.69, 9.17) is 9.47 Å². The second kappa shape index (κ2) is 8.39. The van der Waals surface area contributed by atoms with Gasteiger partial charge >= 0.3 is 0 Å². The van der Waals surface area contributed by atoms with Gasteiger partial charge in [-0.15, -0.1) is 0 Å². The lowest BCUT2D eigenvalue weighted by molar-refractivity contribution is -0.120. The van der Waals surface area contributed by atoms with Gasteiger partial charge in [0.25, 0.3) is 6.01 Å². The highest BCUT2D eigenvalue weighted by atomic mass is 79.9. The molecule has 1 atom stereocenters. The van der Waals surface area contributed by atoms with Crippen molar-refractivity contribution in [3.63, 3.8) is 0 Å². The van der Waals surface area contributed by atoms with Crippen molar-refractivity contribution < 1.29 is 14.3 Å². The van der Waals surface area contributed by atoms with Crippen LogP contribution in [-0.2, 0) is 16.6 Å². The number of ether oxygens (including phenoxy) is 2. The zero-order chi connectivity index (χ0) is 18.7. The van der Waals surface area contributed by atoms with Gasteiger partial charge in [-0.25, -0.2) is 0 Å². The Hall–Kier alpha value is -1.60. The summed E-state index contributed by atoms with van der Waals surface area (Å²) >= 11 is 3.48. The van der Waals surface area contributed by atoms with Crippen molar-refractivity contribution >= 4 is 32.9 Å². The van der Waals surface area contributed by atoms with Gasteiger partial charge in [-0.2, -0.15) is 4.98 Å². The van der Waals surface area contributed by atoms with Crippen molar-refractivity contribution in [1.82, 2.24) is 14.9 Å². The molecule has 1 aromatic carbocycles. The number of fused-ring (bicyclic) bond motifs is 1. The van der Waals surface area contributed by atoms with E-state index in [0.29, 0.717) is 12.6 Å². The van der Waals surface area contributed by atoms with Gasteiger partial charge in [0.15, 0.2) is 0 Å². The molecule has 1 heterocycles. The van der Waals surface area contributed by atoms with E-state index in [-0.39, 0.29) is 24.2 Å². The van der Waals surface area contributed by atoms with Gasteiger partial charge in [0.1, 0.15) is 6.10 Å². The zero-order valence-corrected chi connectivity index (χ0v) is 17.1. The molecule has 6 nitrogen and oxygen atoms in total. The molecule has 2 aromatic rings. The van der Waals surface area contributed by atoms with E-state index in [9.17, 15) is 4.79 Å². The molecule has 1 amide bonds. The third-order valence-electron chi connectivity index (χ3n) is 4.73. The summed E-state index contributed by atoms with van der Waals surface area (Å²) in [5.41, 5.74) is 1.99. The average molecular weight is 424 g/mol. The van der Waals surface area contributed by atoms with Crippen LogP contribution in [0.1, 0.15) is 39.5 Å². The number of aromatic nitrogens is 2. The molecule has 0 saturated heterocycles. The summed E-state index contributed by atoms with van der Waals surface area (Å²) in [5, 5.41) is 2.84. The molecule has 0 unspecified atom stereocenters. The van der Waals surface area contributed by atoms with Crippen LogP contribution in [0.15, 0.2) is 22.7 Å². The normalized spacial score (nSPS) is 21.5. The van der Waals surface area contributed by atoms with Crippen LogP contribution in [-0.4, -0.2) is 40.3 Å². The third kappa shape index (κ3) is 4.76. The molecule has 7 heteroatoms. The Balaban J connectivity index is 1.50. The summed E-state index contributed by atoms with van der Waals surface area (Å²) < 4.78 is 15.1. The Morgan fingerprint density at radius 1 is 1.35 bits per heavy atom. The van der Waals surface area contributed by atoms with Gasteiger partial charge in [0.2, 0.25) is 5.91 Å². The number of carbonyl (C=O) groups is 1. The molecule has 0 aliphatic heterocycles. The first-order valence-corrected chi connectivity index (χ1v) is 9.89. The van der Waals surface area contributed by atoms with E-state index in [1.807, 2.05) is 36.7 Å². The molecule has 1 saturated carbocycles. The highest BCUT2D eigenvalue weighted by Gasteiger charge is 2.25. The number of hydrogen-bond donors (Lipinski definition) is 1. The maximum atomic E-state index is 11.0. The highest BCUT2D eigenvalue weighted by molar-refractivity contribution is 9.10. The second-order valence-electron chi connectivity index (χ2n) is 7.04. The van der Waals surface area contributed by atoms with Crippen molar-refractivity contribution in [3.8, 4) is 6.01 Å². The third-order valence-corrected chi connectivity index (χ3v) is 5.22. The molecule has 142 valence electrons. The number of nitrogens with one attached hydrogen (secondary N) is 1. The first-order chi connectivity index (χ1) is 12.4. The first kappa shape index (κ1) is 19.2. The molecule has 0 radical (unpaired) electrons. The van der Waals surface area contributed by atoms with E-state index in [1.165, 1.54) is 6.92 Å². The number of hydrogen-bond acceptors (Lipinski definition) is 4. The lowest BCUT2D eigenvalue weighted by Gasteiger charge is -2.29. The van der Waals surface area contributed by atoms with E-state index >= 15 is 0 Å².